The molecule has 82 valence electrons. The predicted octanol–water partition coefficient (Wildman–Crippen LogP) is 2.56. The summed E-state index contributed by atoms with van der Waals surface area (Å²) in [6.07, 6.45) is 1.64. The van der Waals surface area contributed by atoms with Crippen molar-refractivity contribution in [2.75, 3.05) is 6.54 Å². The minimum atomic E-state index is -0.258. The van der Waals surface area contributed by atoms with Crippen molar-refractivity contribution >= 4 is 6.09 Å². The van der Waals surface area contributed by atoms with E-state index < -0.39 is 0 Å². The maximum Gasteiger partial charge on any atom is 0.407 e. The molecular formula is C11H21NO2. The first-order chi connectivity index (χ1) is 6.43. The summed E-state index contributed by atoms with van der Waals surface area (Å²) < 4.78 is 5.42. The number of carbonyl (C=O) groups excluding carboxylic acids is 1. The van der Waals surface area contributed by atoms with Gasteiger partial charge in [-0.3, -0.25) is 0 Å². The Morgan fingerprint density at radius 3 is 2.07 bits per heavy atom. The molecule has 14 heavy (non-hydrogen) atoms. The molecule has 1 fully saturated rings. The Balaban J connectivity index is 2.64. The molecule has 0 unspecified atom stereocenters. The second-order valence-electron chi connectivity index (χ2n) is 5.12. The summed E-state index contributed by atoms with van der Waals surface area (Å²) in [5.74, 6) is 1.11. The monoisotopic (exact) mass is 199 g/mol. The SMILES string of the molecule is CC(C)CC1(CC(C)C)CNC(=O)O1. The van der Waals surface area contributed by atoms with Crippen molar-refractivity contribution in [1.82, 2.24) is 5.32 Å². The van der Waals surface area contributed by atoms with E-state index in [1.54, 1.807) is 0 Å². The largest absolute Gasteiger partial charge is 0.441 e. The Kier molecular flexibility index (Phi) is 3.40. The Morgan fingerprint density at radius 2 is 1.79 bits per heavy atom. The average molecular weight is 199 g/mol. The molecule has 1 heterocycles. The highest BCUT2D eigenvalue weighted by Crippen LogP contribution is 2.31. The van der Waals surface area contributed by atoms with Crippen LogP contribution in [0.15, 0.2) is 0 Å². The van der Waals surface area contributed by atoms with Gasteiger partial charge in [-0.15, -0.1) is 0 Å². The minimum Gasteiger partial charge on any atom is -0.441 e. The van der Waals surface area contributed by atoms with Crippen LogP contribution in [-0.4, -0.2) is 18.2 Å². The molecule has 0 radical (unpaired) electrons. The molecule has 0 aromatic rings. The Bertz CT molecular complexity index is 201. The quantitative estimate of drug-likeness (QED) is 0.755. The normalized spacial score (nSPS) is 20.0. The number of cyclic esters (lactones) is 1. The molecule has 0 aromatic heterocycles. The third kappa shape index (κ3) is 2.89. The Labute approximate surface area is 86.2 Å². The maximum absolute atomic E-state index is 11.1. The fraction of sp³-hybridized carbons (Fsp3) is 0.909. The van der Waals surface area contributed by atoms with Crippen LogP contribution >= 0.6 is 0 Å². The van der Waals surface area contributed by atoms with E-state index in [9.17, 15) is 4.79 Å². The lowest BCUT2D eigenvalue weighted by molar-refractivity contribution is 0.0226. The lowest BCUT2D eigenvalue weighted by Crippen LogP contribution is -2.36. The van der Waals surface area contributed by atoms with Gasteiger partial charge < -0.3 is 10.1 Å². The smallest absolute Gasteiger partial charge is 0.407 e. The van der Waals surface area contributed by atoms with Gasteiger partial charge in [0.2, 0.25) is 0 Å². The summed E-state index contributed by atoms with van der Waals surface area (Å²) in [4.78, 5) is 11.1. The van der Waals surface area contributed by atoms with Crippen LogP contribution < -0.4 is 5.32 Å². The number of ether oxygens (including phenoxy) is 1. The summed E-state index contributed by atoms with van der Waals surface area (Å²) in [5.41, 5.74) is -0.251. The third-order valence-electron chi connectivity index (χ3n) is 2.42. The average Bonchev–Trinajstić information content (AvgIpc) is 2.28. The van der Waals surface area contributed by atoms with Gasteiger partial charge in [0.1, 0.15) is 5.60 Å². The molecule has 1 amide bonds. The number of rotatable bonds is 4. The van der Waals surface area contributed by atoms with E-state index in [1.807, 2.05) is 0 Å². The van der Waals surface area contributed by atoms with Crippen molar-refractivity contribution in [1.29, 1.82) is 0 Å². The molecule has 0 spiro atoms. The molecule has 3 heteroatoms. The molecule has 1 N–H and O–H groups in total. The van der Waals surface area contributed by atoms with Gasteiger partial charge >= 0.3 is 6.09 Å². The van der Waals surface area contributed by atoms with Gasteiger partial charge in [-0.25, -0.2) is 4.79 Å². The molecule has 0 aromatic carbocycles. The van der Waals surface area contributed by atoms with Crippen LogP contribution in [0.2, 0.25) is 0 Å². The number of hydrogen-bond donors (Lipinski definition) is 1. The van der Waals surface area contributed by atoms with Crippen molar-refractivity contribution in [2.45, 2.75) is 46.1 Å². The number of amides is 1. The first kappa shape index (κ1) is 11.3. The Morgan fingerprint density at radius 1 is 1.29 bits per heavy atom. The van der Waals surface area contributed by atoms with Crippen LogP contribution in [0.25, 0.3) is 0 Å². The number of carbonyl (C=O) groups is 1. The van der Waals surface area contributed by atoms with Crippen molar-refractivity contribution in [2.24, 2.45) is 11.8 Å². The van der Waals surface area contributed by atoms with Crippen molar-refractivity contribution in [3.8, 4) is 0 Å². The van der Waals surface area contributed by atoms with E-state index in [-0.39, 0.29) is 11.7 Å². The zero-order valence-electron chi connectivity index (χ0n) is 9.59. The molecule has 0 saturated carbocycles. The van der Waals surface area contributed by atoms with Crippen LogP contribution in [0.3, 0.4) is 0 Å². The van der Waals surface area contributed by atoms with Gasteiger partial charge in [0.25, 0.3) is 0 Å². The van der Waals surface area contributed by atoms with Crippen LogP contribution in [0, 0.1) is 11.8 Å². The highest BCUT2D eigenvalue weighted by Gasteiger charge is 2.40. The van der Waals surface area contributed by atoms with Crippen LogP contribution in [0.1, 0.15) is 40.5 Å². The van der Waals surface area contributed by atoms with E-state index in [0.29, 0.717) is 18.4 Å². The molecule has 1 saturated heterocycles. The zero-order valence-corrected chi connectivity index (χ0v) is 9.59. The summed E-state index contributed by atoms with van der Waals surface area (Å²) >= 11 is 0. The summed E-state index contributed by atoms with van der Waals surface area (Å²) in [6.45, 7) is 9.31. The molecule has 1 aliphatic heterocycles. The van der Waals surface area contributed by atoms with Crippen LogP contribution in [0.4, 0.5) is 4.79 Å². The standard InChI is InChI=1S/C11H21NO2/c1-8(2)5-11(6-9(3)4)7-12-10(13)14-11/h8-9H,5-7H2,1-4H3,(H,12,13). The highest BCUT2D eigenvalue weighted by molar-refractivity contribution is 5.70. The van der Waals surface area contributed by atoms with Gasteiger partial charge in [-0.2, -0.15) is 0 Å². The van der Waals surface area contributed by atoms with E-state index in [4.69, 9.17) is 4.74 Å². The van der Waals surface area contributed by atoms with Crippen LogP contribution in [0.5, 0.6) is 0 Å². The van der Waals surface area contributed by atoms with Gasteiger partial charge in [0.15, 0.2) is 0 Å². The van der Waals surface area contributed by atoms with Crippen LogP contribution in [-0.2, 0) is 4.74 Å². The molecule has 0 bridgehead atoms. The molecule has 3 nitrogen and oxygen atoms in total. The Hall–Kier alpha value is -0.730. The van der Waals surface area contributed by atoms with E-state index in [0.717, 1.165) is 12.8 Å². The summed E-state index contributed by atoms with van der Waals surface area (Å²) in [5, 5.41) is 2.76. The van der Waals surface area contributed by atoms with Gasteiger partial charge in [-0.05, 0) is 24.7 Å². The summed E-state index contributed by atoms with van der Waals surface area (Å²) in [6, 6.07) is 0. The zero-order chi connectivity index (χ0) is 10.8. The third-order valence-corrected chi connectivity index (χ3v) is 2.42. The lowest BCUT2D eigenvalue weighted by Gasteiger charge is -2.29. The maximum atomic E-state index is 11.1. The fourth-order valence-corrected chi connectivity index (χ4v) is 2.30. The summed E-state index contributed by atoms with van der Waals surface area (Å²) in [7, 11) is 0. The second-order valence-corrected chi connectivity index (χ2v) is 5.12. The van der Waals surface area contributed by atoms with Crippen molar-refractivity contribution < 1.29 is 9.53 Å². The minimum absolute atomic E-state index is 0.251. The topological polar surface area (TPSA) is 38.3 Å². The first-order valence-electron chi connectivity index (χ1n) is 5.40. The van der Waals surface area contributed by atoms with Crippen molar-refractivity contribution in [3.05, 3.63) is 0 Å². The molecule has 1 aliphatic rings. The number of hydrogen-bond acceptors (Lipinski definition) is 2. The number of alkyl carbamates (subject to hydrolysis) is 1. The molecule has 1 rings (SSSR count). The van der Waals surface area contributed by atoms with E-state index in [1.165, 1.54) is 0 Å². The predicted molar refractivity (Wildman–Crippen MR) is 56.1 cm³/mol. The molecular weight excluding hydrogens is 178 g/mol. The number of nitrogens with one attached hydrogen (secondary N) is 1. The van der Waals surface area contributed by atoms with E-state index in [2.05, 4.69) is 33.0 Å². The van der Waals surface area contributed by atoms with E-state index >= 15 is 0 Å². The first-order valence-corrected chi connectivity index (χ1v) is 5.40. The molecule has 0 aliphatic carbocycles. The second kappa shape index (κ2) is 4.20. The fourth-order valence-electron chi connectivity index (χ4n) is 2.30. The highest BCUT2D eigenvalue weighted by atomic mass is 16.6. The lowest BCUT2D eigenvalue weighted by atomic mass is 9.85. The van der Waals surface area contributed by atoms with Gasteiger partial charge in [0, 0.05) is 0 Å². The molecule has 0 atom stereocenters. The van der Waals surface area contributed by atoms with Gasteiger partial charge in [-0.1, -0.05) is 27.7 Å². The van der Waals surface area contributed by atoms with Gasteiger partial charge in [0.05, 0.1) is 6.54 Å². The van der Waals surface area contributed by atoms with Crippen molar-refractivity contribution in [3.63, 3.8) is 0 Å².